The predicted molar refractivity (Wildman–Crippen MR) is 160 cm³/mol. The third-order valence-corrected chi connectivity index (χ3v) is 6.21. The Labute approximate surface area is 238 Å². The number of hydrogen-bond donors (Lipinski definition) is 1. The van der Waals surface area contributed by atoms with E-state index in [9.17, 15) is 10.1 Å². The number of para-hydroxylation sites is 1. The zero-order valence-electron chi connectivity index (χ0n) is 22.5. The lowest BCUT2D eigenvalue weighted by atomic mass is 10.1. The van der Waals surface area contributed by atoms with Crippen molar-refractivity contribution in [2.75, 3.05) is 11.9 Å². The van der Waals surface area contributed by atoms with Crippen LogP contribution in [-0.4, -0.2) is 22.3 Å². The Morgan fingerprint density at radius 3 is 2.34 bits per heavy atom. The van der Waals surface area contributed by atoms with Gasteiger partial charge in [0.1, 0.15) is 35.4 Å². The molecule has 7 nitrogen and oxygen atoms in total. The van der Waals surface area contributed by atoms with Crippen LogP contribution in [0.1, 0.15) is 18.1 Å². The fraction of sp³-hybridized carbons (Fsp3) is 0.0882. The van der Waals surface area contributed by atoms with Crippen LogP contribution < -0.4 is 14.8 Å². The van der Waals surface area contributed by atoms with E-state index in [0.29, 0.717) is 41.7 Å². The summed E-state index contributed by atoms with van der Waals surface area (Å²) in [6.07, 6.45) is 3.37. The maximum atomic E-state index is 13.1. The molecule has 202 valence electrons. The van der Waals surface area contributed by atoms with Crippen LogP contribution in [-0.2, 0) is 11.4 Å². The zero-order valence-corrected chi connectivity index (χ0v) is 22.5. The Morgan fingerprint density at radius 2 is 1.63 bits per heavy atom. The second-order valence-electron chi connectivity index (χ2n) is 9.10. The van der Waals surface area contributed by atoms with E-state index in [4.69, 9.17) is 14.6 Å². The summed E-state index contributed by atoms with van der Waals surface area (Å²) in [6, 6.07) is 36.3. The average molecular weight is 541 g/mol. The number of hydrogen-bond acceptors (Lipinski definition) is 5. The third kappa shape index (κ3) is 6.88. The summed E-state index contributed by atoms with van der Waals surface area (Å²) in [5.74, 6) is 0.869. The number of carbonyl (C=O) groups excluding carboxylic acids is 1. The molecule has 5 aromatic rings. The Hall–Kier alpha value is -5.61. The van der Waals surface area contributed by atoms with Gasteiger partial charge in [-0.25, -0.2) is 4.68 Å². The van der Waals surface area contributed by atoms with E-state index in [1.165, 1.54) is 0 Å². The second-order valence-corrected chi connectivity index (χ2v) is 9.10. The largest absolute Gasteiger partial charge is 0.494 e. The van der Waals surface area contributed by atoms with E-state index < -0.39 is 5.91 Å². The molecule has 0 fully saturated rings. The zero-order chi connectivity index (χ0) is 28.4. The summed E-state index contributed by atoms with van der Waals surface area (Å²) in [5, 5.41) is 17.5. The highest BCUT2D eigenvalue weighted by Crippen LogP contribution is 2.29. The summed E-state index contributed by atoms with van der Waals surface area (Å²) < 4.78 is 13.2. The quantitative estimate of drug-likeness (QED) is 0.151. The minimum absolute atomic E-state index is 0.0516. The first-order valence-corrected chi connectivity index (χ1v) is 13.2. The van der Waals surface area contributed by atoms with Crippen molar-refractivity contribution in [3.05, 3.63) is 132 Å². The van der Waals surface area contributed by atoms with E-state index in [2.05, 4.69) is 5.32 Å². The van der Waals surface area contributed by atoms with Crippen LogP contribution in [0, 0.1) is 11.3 Å². The summed E-state index contributed by atoms with van der Waals surface area (Å²) in [6.45, 7) is 2.88. The standard InChI is InChI=1S/C34H28N4O3/c1-2-40-31-18-16-29(17-19-31)36-34(39)27(22-35)20-28-23-38(30-13-7-4-8-14-30)37-33(28)26-12-9-15-32(21-26)41-24-25-10-5-3-6-11-25/h3-21,23H,2,24H2,1H3,(H,36,39). The number of nitriles is 1. The smallest absolute Gasteiger partial charge is 0.266 e. The van der Waals surface area contributed by atoms with Crippen molar-refractivity contribution in [1.82, 2.24) is 9.78 Å². The van der Waals surface area contributed by atoms with Crippen LogP contribution >= 0.6 is 0 Å². The Bertz CT molecular complexity index is 1690. The maximum absolute atomic E-state index is 13.1. The van der Waals surface area contributed by atoms with Gasteiger partial charge in [-0.1, -0.05) is 60.7 Å². The lowest BCUT2D eigenvalue weighted by Gasteiger charge is -2.08. The van der Waals surface area contributed by atoms with Crippen molar-refractivity contribution in [2.24, 2.45) is 0 Å². The highest BCUT2D eigenvalue weighted by Gasteiger charge is 2.16. The number of amides is 1. The number of carbonyl (C=O) groups is 1. The van der Waals surface area contributed by atoms with Crippen molar-refractivity contribution in [2.45, 2.75) is 13.5 Å². The van der Waals surface area contributed by atoms with Gasteiger partial charge in [0.25, 0.3) is 5.91 Å². The van der Waals surface area contributed by atoms with Gasteiger partial charge in [-0.3, -0.25) is 4.79 Å². The minimum Gasteiger partial charge on any atom is -0.494 e. The van der Waals surface area contributed by atoms with Crippen molar-refractivity contribution < 1.29 is 14.3 Å². The molecule has 0 unspecified atom stereocenters. The molecule has 0 atom stereocenters. The second kappa shape index (κ2) is 13.0. The number of nitrogens with one attached hydrogen (secondary N) is 1. The van der Waals surface area contributed by atoms with E-state index in [1.54, 1.807) is 35.0 Å². The van der Waals surface area contributed by atoms with Crippen LogP contribution in [0.5, 0.6) is 11.5 Å². The molecule has 0 radical (unpaired) electrons. The van der Waals surface area contributed by atoms with Crippen LogP contribution in [0.15, 0.2) is 121 Å². The fourth-order valence-corrected chi connectivity index (χ4v) is 4.21. The first kappa shape index (κ1) is 27.0. The molecule has 0 bridgehead atoms. The highest BCUT2D eigenvalue weighted by molar-refractivity contribution is 6.10. The molecular formula is C34H28N4O3. The van der Waals surface area contributed by atoms with Crippen LogP contribution in [0.4, 0.5) is 5.69 Å². The first-order chi connectivity index (χ1) is 20.1. The number of benzene rings is 4. The molecule has 0 saturated heterocycles. The molecule has 1 N–H and O–H groups in total. The van der Waals surface area contributed by atoms with Crippen molar-refractivity contribution >= 4 is 17.7 Å². The van der Waals surface area contributed by atoms with E-state index in [1.807, 2.05) is 104 Å². The van der Waals surface area contributed by atoms with Gasteiger partial charge in [0.15, 0.2) is 0 Å². The Kier molecular flexibility index (Phi) is 8.53. The molecule has 1 amide bonds. The van der Waals surface area contributed by atoms with E-state index in [0.717, 1.165) is 16.8 Å². The van der Waals surface area contributed by atoms with Crippen LogP contribution in [0.3, 0.4) is 0 Å². The Morgan fingerprint density at radius 1 is 0.902 bits per heavy atom. The van der Waals surface area contributed by atoms with Gasteiger partial charge < -0.3 is 14.8 Å². The SMILES string of the molecule is CCOc1ccc(NC(=O)C(C#N)=Cc2cn(-c3ccccc3)nc2-c2cccc(OCc3ccccc3)c2)cc1. The normalized spacial score (nSPS) is 11.0. The molecule has 5 rings (SSSR count). The monoisotopic (exact) mass is 540 g/mol. The average Bonchev–Trinajstić information content (AvgIpc) is 3.45. The van der Waals surface area contributed by atoms with Gasteiger partial charge in [0.2, 0.25) is 0 Å². The van der Waals surface area contributed by atoms with Gasteiger partial charge in [0.05, 0.1) is 12.3 Å². The number of anilines is 1. The lowest BCUT2D eigenvalue weighted by Crippen LogP contribution is -2.13. The van der Waals surface area contributed by atoms with Gasteiger partial charge in [-0.2, -0.15) is 10.4 Å². The highest BCUT2D eigenvalue weighted by atomic mass is 16.5. The first-order valence-electron chi connectivity index (χ1n) is 13.2. The molecule has 1 heterocycles. The van der Waals surface area contributed by atoms with Crippen molar-refractivity contribution in [3.8, 4) is 34.5 Å². The molecule has 0 aliphatic rings. The number of ether oxygens (including phenoxy) is 2. The van der Waals surface area contributed by atoms with E-state index >= 15 is 0 Å². The molecule has 7 heteroatoms. The molecular weight excluding hydrogens is 512 g/mol. The van der Waals surface area contributed by atoms with Crippen molar-refractivity contribution in [3.63, 3.8) is 0 Å². The van der Waals surface area contributed by atoms with E-state index in [-0.39, 0.29) is 5.57 Å². The predicted octanol–water partition coefficient (Wildman–Crippen LogP) is 7.06. The number of nitrogens with zero attached hydrogens (tertiary/aromatic N) is 3. The minimum atomic E-state index is -0.519. The fourth-order valence-electron chi connectivity index (χ4n) is 4.21. The Balaban J connectivity index is 1.46. The van der Waals surface area contributed by atoms with Crippen molar-refractivity contribution in [1.29, 1.82) is 5.26 Å². The molecule has 4 aromatic carbocycles. The summed E-state index contributed by atoms with van der Waals surface area (Å²) in [5.41, 5.74) is 4.44. The molecule has 1 aromatic heterocycles. The molecule has 0 spiro atoms. The maximum Gasteiger partial charge on any atom is 0.266 e. The molecule has 41 heavy (non-hydrogen) atoms. The molecule has 0 saturated carbocycles. The van der Waals surface area contributed by atoms with Crippen LogP contribution in [0.25, 0.3) is 23.0 Å². The van der Waals surface area contributed by atoms with Gasteiger partial charge in [-0.05, 0) is 67.1 Å². The topological polar surface area (TPSA) is 89.2 Å². The number of rotatable bonds is 10. The third-order valence-electron chi connectivity index (χ3n) is 6.21. The summed E-state index contributed by atoms with van der Waals surface area (Å²) in [7, 11) is 0. The molecule has 0 aliphatic heterocycles. The van der Waals surface area contributed by atoms with Gasteiger partial charge in [-0.15, -0.1) is 0 Å². The van der Waals surface area contributed by atoms with Gasteiger partial charge >= 0.3 is 0 Å². The summed E-state index contributed by atoms with van der Waals surface area (Å²) in [4.78, 5) is 13.1. The van der Waals surface area contributed by atoms with Gasteiger partial charge in [0, 0.05) is 23.0 Å². The molecule has 0 aliphatic carbocycles. The lowest BCUT2D eigenvalue weighted by molar-refractivity contribution is -0.112. The number of aromatic nitrogens is 2. The summed E-state index contributed by atoms with van der Waals surface area (Å²) >= 11 is 0. The van der Waals surface area contributed by atoms with Crippen LogP contribution in [0.2, 0.25) is 0 Å².